The maximum Gasteiger partial charge on any atom is 0.244 e. The molecule has 0 aliphatic carbocycles. The molecule has 3 rings (SSSR count). The Bertz CT molecular complexity index is 1420. The summed E-state index contributed by atoms with van der Waals surface area (Å²) in [6.07, 6.45) is 1.76. The Morgan fingerprint density at radius 1 is 1.05 bits per heavy atom. The summed E-state index contributed by atoms with van der Waals surface area (Å²) in [6.45, 7) is 1.35. The number of methoxy groups -OCH3 is 1. The largest absolute Gasteiger partial charge is 0.495 e. The third-order valence-electron chi connectivity index (χ3n) is 6.21. The molecule has 0 fully saturated rings. The van der Waals surface area contributed by atoms with E-state index in [9.17, 15) is 22.4 Å². The molecule has 0 spiro atoms. The molecule has 0 saturated carbocycles. The van der Waals surface area contributed by atoms with Crippen molar-refractivity contribution >= 4 is 39.1 Å². The van der Waals surface area contributed by atoms with Gasteiger partial charge in [-0.25, -0.2) is 12.8 Å². The number of nitrogens with one attached hydrogen (secondary N) is 1. The predicted molar refractivity (Wildman–Crippen MR) is 154 cm³/mol. The lowest BCUT2D eigenvalue weighted by Crippen LogP contribution is -2.53. The van der Waals surface area contributed by atoms with E-state index in [2.05, 4.69) is 5.32 Å². The van der Waals surface area contributed by atoms with Crippen molar-refractivity contribution in [3.05, 3.63) is 94.8 Å². The number of hydrogen-bond donors (Lipinski definition) is 1. The minimum atomic E-state index is -4.02. The van der Waals surface area contributed by atoms with Gasteiger partial charge in [-0.3, -0.25) is 13.9 Å². The van der Waals surface area contributed by atoms with Gasteiger partial charge in [0, 0.05) is 30.1 Å². The van der Waals surface area contributed by atoms with Crippen molar-refractivity contribution in [2.75, 3.05) is 30.8 Å². The third-order valence-corrected chi connectivity index (χ3v) is 7.57. The molecular weight excluding hydrogens is 557 g/mol. The molecule has 0 saturated heterocycles. The quantitative estimate of drug-likeness (QED) is 0.318. The fraction of sp³-hybridized carbons (Fsp3) is 0.310. The molecule has 0 heterocycles. The van der Waals surface area contributed by atoms with E-state index >= 15 is 0 Å². The molecule has 3 aromatic rings. The Balaban J connectivity index is 2.09. The standard InChI is InChI=1S/C29H33ClFN3O5S/c1-4-16-32-29(36)26(17-21-10-6-5-7-11-21)33(19-22-12-8-9-13-24(22)31)28(35)20-34(40(3,37)38)25-18-23(30)14-15-27(25)39-2/h5-15,18,26H,4,16-17,19-20H2,1-3H3,(H,32,36). The summed E-state index contributed by atoms with van der Waals surface area (Å²) < 4.78 is 46.9. The molecule has 3 aromatic carbocycles. The normalized spacial score (nSPS) is 11.9. The first-order valence-electron chi connectivity index (χ1n) is 12.7. The number of sulfonamides is 1. The summed E-state index contributed by atoms with van der Waals surface area (Å²) in [4.78, 5) is 28.7. The van der Waals surface area contributed by atoms with Crippen LogP contribution in [0.25, 0.3) is 0 Å². The Hall–Kier alpha value is -3.63. The summed E-state index contributed by atoms with van der Waals surface area (Å²) in [6, 6.07) is 18.4. The molecule has 214 valence electrons. The molecule has 1 atom stereocenters. The van der Waals surface area contributed by atoms with Crippen LogP contribution in [0.1, 0.15) is 24.5 Å². The van der Waals surface area contributed by atoms with Gasteiger partial charge in [0.25, 0.3) is 0 Å². The van der Waals surface area contributed by atoms with Crippen LogP contribution < -0.4 is 14.4 Å². The van der Waals surface area contributed by atoms with Gasteiger partial charge in [-0.1, -0.05) is 67.1 Å². The Kier molecular flexibility index (Phi) is 10.9. The number of ether oxygens (including phenoxy) is 1. The number of hydrogen-bond acceptors (Lipinski definition) is 5. The molecular formula is C29H33ClFN3O5S. The highest BCUT2D eigenvalue weighted by Gasteiger charge is 2.34. The zero-order chi connectivity index (χ0) is 29.3. The molecule has 0 bridgehead atoms. The van der Waals surface area contributed by atoms with Crippen LogP contribution in [0.3, 0.4) is 0 Å². The van der Waals surface area contributed by atoms with Gasteiger partial charge in [0.1, 0.15) is 24.2 Å². The van der Waals surface area contributed by atoms with Gasteiger partial charge in [0.15, 0.2) is 0 Å². The third kappa shape index (κ3) is 8.19. The number of halogens is 2. The average Bonchev–Trinajstić information content (AvgIpc) is 2.93. The molecule has 0 aliphatic rings. The minimum Gasteiger partial charge on any atom is -0.495 e. The van der Waals surface area contributed by atoms with Crippen molar-refractivity contribution in [3.8, 4) is 5.75 Å². The van der Waals surface area contributed by atoms with E-state index in [1.165, 1.54) is 48.4 Å². The van der Waals surface area contributed by atoms with Crippen molar-refractivity contribution in [2.45, 2.75) is 32.4 Å². The van der Waals surface area contributed by atoms with Crippen molar-refractivity contribution < 1.29 is 27.1 Å². The van der Waals surface area contributed by atoms with Crippen LogP contribution in [0.15, 0.2) is 72.8 Å². The van der Waals surface area contributed by atoms with Crippen LogP contribution in [-0.4, -0.2) is 57.6 Å². The van der Waals surface area contributed by atoms with Gasteiger partial charge in [0.05, 0.1) is 19.1 Å². The highest BCUT2D eigenvalue weighted by molar-refractivity contribution is 7.92. The second-order valence-corrected chi connectivity index (χ2v) is 11.5. The predicted octanol–water partition coefficient (Wildman–Crippen LogP) is 4.42. The smallest absolute Gasteiger partial charge is 0.244 e. The van der Waals surface area contributed by atoms with Gasteiger partial charge in [-0.05, 0) is 36.2 Å². The molecule has 0 radical (unpaired) electrons. The molecule has 11 heteroatoms. The summed E-state index contributed by atoms with van der Waals surface area (Å²) in [5, 5.41) is 3.07. The van der Waals surface area contributed by atoms with Crippen molar-refractivity contribution in [3.63, 3.8) is 0 Å². The second-order valence-electron chi connectivity index (χ2n) is 9.20. The highest BCUT2D eigenvalue weighted by atomic mass is 35.5. The molecule has 0 aromatic heterocycles. The monoisotopic (exact) mass is 589 g/mol. The van der Waals surface area contributed by atoms with Gasteiger partial charge in [-0.15, -0.1) is 0 Å². The first kappa shape index (κ1) is 30.9. The molecule has 8 nitrogen and oxygen atoms in total. The Labute approximate surface area is 239 Å². The first-order chi connectivity index (χ1) is 19.0. The van der Waals surface area contributed by atoms with Crippen LogP contribution in [0.4, 0.5) is 10.1 Å². The van der Waals surface area contributed by atoms with E-state index in [4.69, 9.17) is 16.3 Å². The summed E-state index contributed by atoms with van der Waals surface area (Å²) in [7, 11) is -2.65. The molecule has 1 unspecified atom stereocenters. The lowest BCUT2D eigenvalue weighted by atomic mass is 10.0. The van der Waals surface area contributed by atoms with Crippen molar-refractivity contribution in [1.29, 1.82) is 0 Å². The number of carbonyl (C=O) groups excluding carboxylic acids is 2. The Morgan fingerprint density at radius 2 is 1.73 bits per heavy atom. The number of rotatable bonds is 13. The van der Waals surface area contributed by atoms with Crippen molar-refractivity contribution in [1.82, 2.24) is 10.2 Å². The van der Waals surface area contributed by atoms with E-state index in [1.54, 1.807) is 6.07 Å². The molecule has 40 heavy (non-hydrogen) atoms. The second kappa shape index (κ2) is 14.1. The maximum absolute atomic E-state index is 14.8. The van der Waals surface area contributed by atoms with Crippen molar-refractivity contribution in [2.24, 2.45) is 0 Å². The van der Waals surface area contributed by atoms with Crippen LogP contribution >= 0.6 is 11.6 Å². The van der Waals surface area contributed by atoms with Gasteiger partial charge < -0.3 is 15.0 Å². The van der Waals surface area contributed by atoms with Gasteiger partial charge in [-0.2, -0.15) is 0 Å². The highest BCUT2D eigenvalue weighted by Crippen LogP contribution is 2.33. The maximum atomic E-state index is 14.8. The number of carbonyl (C=O) groups is 2. The van der Waals surface area contributed by atoms with E-state index in [1.807, 2.05) is 37.3 Å². The fourth-order valence-electron chi connectivity index (χ4n) is 4.18. The van der Waals surface area contributed by atoms with E-state index in [-0.39, 0.29) is 35.0 Å². The van der Waals surface area contributed by atoms with Crippen LogP contribution in [-0.2, 0) is 32.6 Å². The number of anilines is 1. The van der Waals surface area contributed by atoms with Gasteiger partial charge in [0.2, 0.25) is 21.8 Å². The van der Waals surface area contributed by atoms with Crippen LogP contribution in [0, 0.1) is 5.82 Å². The minimum absolute atomic E-state index is 0.0618. The lowest BCUT2D eigenvalue weighted by molar-refractivity contribution is -0.140. The Morgan fingerprint density at radius 3 is 2.35 bits per heavy atom. The lowest BCUT2D eigenvalue weighted by Gasteiger charge is -2.33. The van der Waals surface area contributed by atoms with Crippen LogP contribution in [0.5, 0.6) is 5.75 Å². The molecule has 2 amide bonds. The summed E-state index contributed by atoms with van der Waals surface area (Å²) >= 11 is 6.16. The number of benzene rings is 3. The average molecular weight is 590 g/mol. The zero-order valence-electron chi connectivity index (χ0n) is 22.6. The van der Waals surface area contributed by atoms with Crippen LogP contribution in [0.2, 0.25) is 5.02 Å². The number of nitrogens with zero attached hydrogens (tertiary/aromatic N) is 2. The van der Waals surface area contributed by atoms with E-state index in [0.717, 1.165) is 16.1 Å². The summed E-state index contributed by atoms with van der Waals surface area (Å²) in [5.41, 5.74) is 1.03. The number of amides is 2. The summed E-state index contributed by atoms with van der Waals surface area (Å²) in [5.74, 6) is -1.50. The van der Waals surface area contributed by atoms with Gasteiger partial charge >= 0.3 is 0 Å². The first-order valence-corrected chi connectivity index (χ1v) is 14.9. The topological polar surface area (TPSA) is 96.0 Å². The zero-order valence-corrected chi connectivity index (χ0v) is 24.2. The van der Waals surface area contributed by atoms with E-state index < -0.39 is 40.2 Å². The molecule has 1 N–H and O–H groups in total. The molecule has 0 aliphatic heterocycles. The fourth-order valence-corrected chi connectivity index (χ4v) is 5.19. The SMILES string of the molecule is CCCNC(=O)C(Cc1ccccc1)N(Cc1ccccc1F)C(=O)CN(c1cc(Cl)ccc1OC)S(C)(=O)=O. The van der Waals surface area contributed by atoms with E-state index in [0.29, 0.717) is 13.0 Å².